The molecular formula is C24H30F3N3O2. The molecule has 2 aromatic rings. The van der Waals surface area contributed by atoms with Crippen LogP contribution in [-0.2, 0) is 23.9 Å². The van der Waals surface area contributed by atoms with Crippen molar-refractivity contribution in [2.75, 3.05) is 24.5 Å². The molecule has 1 saturated heterocycles. The van der Waals surface area contributed by atoms with Crippen LogP contribution in [0, 0.1) is 6.92 Å². The molecule has 1 aromatic heterocycles. The Bertz CT molecular complexity index is 916. The SMILES string of the molecule is CCCC[C@@H]1CN(Cc2cc(C)cc(CC(=O)O)c2)CCN1c1ccc(C(F)(F)F)cn1. The molecular weight excluding hydrogens is 419 g/mol. The van der Waals surface area contributed by atoms with Crippen molar-refractivity contribution in [3.63, 3.8) is 0 Å². The van der Waals surface area contributed by atoms with Gasteiger partial charge in [-0.1, -0.05) is 43.5 Å². The number of hydrogen-bond acceptors (Lipinski definition) is 4. The Morgan fingerprint density at radius 2 is 1.94 bits per heavy atom. The number of carboxylic acid groups (broad SMARTS) is 1. The van der Waals surface area contributed by atoms with Gasteiger partial charge in [-0.25, -0.2) is 4.98 Å². The Morgan fingerprint density at radius 3 is 2.56 bits per heavy atom. The summed E-state index contributed by atoms with van der Waals surface area (Å²) in [4.78, 5) is 19.7. The van der Waals surface area contributed by atoms with Crippen LogP contribution in [0.2, 0.25) is 0 Å². The molecule has 0 saturated carbocycles. The van der Waals surface area contributed by atoms with E-state index in [4.69, 9.17) is 5.11 Å². The summed E-state index contributed by atoms with van der Waals surface area (Å²) >= 11 is 0. The summed E-state index contributed by atoms with van der Waals surface area (Å²) < 4.78 is 38.7. The molecule has 1 aliphatic rings. The van der Waals surface area contributed by atoms with Crippen LogP contribution in [0.15, 0.2) is 36.5 Å². The van der Waals surface area contributed by atoms with E-state index >= 15 is 0 Å². The summed E-state index contributed by atoms with van der Waals surface area (Å²) in [5, 5.41) is 9.10. The van der Waals surface area contributed by atoms with Gasteiger partial charge in [-0.05, 0) is 36.6 Å². The van der Waals surface area contributed by atoms with Crippen LogP contribution >= 0.6 is 0 Å². The zero-order valence-electron chi connectivity index (χ0n) is 18.5. The molecule has 8 heteroatoms. The van der Waals surface area contributed by atoms with E-state index in [0.29, 0.717) is 18.9 Å². The maximum absolute atomic E-state index is 12.9. The lowest BCUT2D eigenvalue weighted by atomic mass is 10.0. The highest BCUT2D eigenvalue weighted by molar-refractivity contribution is 5.70. The topological polar surface area (TPSA) is 56.7 Å². The van der Waals surface area contributed by atoms with Crippen LogP contribution in [0.1, 0.15) is 48.4 Å². The monoisotopic (exact) mass is 449 g/mol. The molecule has 0 radical (unpaired) electrons. The minimum absolute atomic E-state index is 0.00116. The summed E-state index contributed by atoms with van der Waals surface area (Å²) in [6.45, 7) is 7.02. The Labute approximate surface area is 186 Å². The van der Waals surface area contributed by atoms with E-state index in [1.165, 1.54) is 6.07 Å². The number of carboxylic acids is 1. The highest BCUT2D eigenvalue weighted by atomic mass is 19.4. The van der Waals surface area contributed by atoms with Crippen LogP contribution < -0.4 is 4.90 Å². The maximum Gasteiger partial charge on any atom is 0.417 e. The molecule has 0 bridgehead atoms. The second-order valence-corrected chi connectivity index (χ2v) is 8.52. The van der Waals surface area contributed by atoms with Crippen molar-refractivity contribution in [3.05, 3.63) is 58.8 Å². The zero-order chi connectivity index (χ0) is 23.3. The van der Waals surface area contributed by atoms with Crippen LogP contribution in [0.5, 0.6) is 0 Å². The molecule has 1 fully saturated rings. The van der Waals surface area contributed by atoms with Crippen LogP contribution in [0.3, 0.4) is 0 Å². The number of rotatable bonds is 8. The third-order valence-electron chi connectivity index (χ3n) is 5.79. The fourth-order valence-corrected chi connectivity index (χ4v) is 4.35. The molecule has 174 valence electrons. The number of nitrogens with zero attached hydrogens (tertiary/aromatic N) is 3. The lowest BCUT2D eigenvalue weighted by molar-refractivity contribution is -0.138. The molecule has 5 nitrogen and oxygen atoms in total. The molecule has 1 aliphatic heterocycles. The second kappa shape index (κ2) is 10.3. The van der Waals surface area contributed by atoms with E-state index in [1.807, 2.05) is 19.1 Å². The Hall–Kier alpha value is -2.61. The number of aliphatic carboxylic acids is 1. The lowest BCUT2D eigenvalue weighted by Gasteiger charge is -2.42. The summed E-state index contributed by atoms with van der Waals surface area (Å²) in [5.41, 5.74) is 2.18. The van der Waals surface area contributed by atoms with Gasteiger partial charge in [-0.15, -0.1) is 0 Å². The second-order valence-electron chi connectivity index (χ2n) is 8.52. The Morgan fingerprint density at radius 1 is 1.19 bits per heavy atom. The molecule has 1 atom stereocenters. The van der Waals surface area contributed by atoms with Crippen molar-refractivity contribution in [2.24, 2.45) is 0 Å². The van der Waals surface area contributed by atoms with Crippen LogP contribution in [0.4, 0.5) is 19.0 Å². The third-order valence-corrected chi connectivity index (χ3v) is 5.79. The smallest absolute Gasteiger partial charge is 0.417 e. The highest BCUT2D eigenvalue weighted by Gasteiger charge is 2.32. The van der Waals surface area contributed by atoms with Crippen LogP contribution in [0.25, 0.3) is 0 Å². The van der Waals surface area contributed by atoms with Crippen molar-refractivity contribution in [2.45, 2.75) is 58.3 Å². The number of benzene rings is 1. The normalized spacial score (nSPS) is 17.5. The number of alkyl halides is 3. The first kappa shape index (κ1) is 24.0. The highest BCUT2D eigenvalue weighted by Crippen LogP contribution is 2.30. The van der Waals surface area contributed by atoms with Crippen molar-refractivity contribution >= 4 is 11.8 Å². The molecule has 32 heavy (non-hydrogen) atoms. The van der Waals surface area contributed by atoms with Gasteiger partial charge in [-0.2, -0.15) is 13.2 Å². The predicted octanol–water partition coefficient (Wildman–Crippen LogP) is 4.92. The van der Waals surface area contributed by atoms with E-state index in [9.17, 15) is 18.0 Å². The fraction of sp³-hybridized carbons (Fsp3) is 0.500. The largest absolute Gasteiger partial charge is 0.481 e. The number of aryl methyl sites for hydroxylation is 1. The Balaban J connectivity index is 1.73. The average Bonchev–Trinajstić information content (AvgIpc) is 2.71. The van der Waals surface area contributed by atoms with Gasteiger partial charge in [0.25, 0.3) is 0 Å². The van der Waals surface area contributed by atoms with Crippen LogP contribution in [-0.4, -0.2) is 46.6 Å². The number of halogens is 3. The van der Waals surface area contributed by atoms with E-state index in [2.05, 4.69) is 27.8 Å². The van der Waals surface area contributed by atoms with E-state index < -0.39 is 17.7 Å². The van der Waals surface area contributed by atoms with Gasteiger partial charge >= 0.3 is 12.1 Å². The summed E-state index contributed by atoms with van der Waals surface area (Å²) in [6, 6.07) is 8.66. The summed E-state index contributed by atoms with van der Waals surface area (Å²) in [7, 11) is 0. The molecule has 0 spiro atoms. The van der Waals surface area contributed by atoms with Gasteiger partial charge in [-0.3, -0.25) is 9.69 Å². The molecule has 0 unspecified atom stereocenters. The lowest BCUT2D eigenvalue weighted by Crippen LogP contribution is -2.53. The first-order chi connectivity index (χ1) is 15.2. The third kappa shape index (κ3) is 6.45. The van der Waals surface area contributed by atoms with Gasteiger partial charge in [0.15, 0.2) is 0 Å². The zero-order valence-corrected chi connectivity index (χ0v) is 18.5. The first-order valence-corrected chi connectivity index (χ1v) is 11.0. The van der Waals surface area contributed by atoms with Gasteiger partial charge < -0.3 is 10.0 Å². The average molecular weight is 450 g/mol. The van der Waals surface area contributed by atoms with Gasteiger partial charge in [0.05, 0.1) is 12.0 Å². The van der Waals surface area contributed by atoms with Gasteiger partial charge in [0, 0.05) is 38.4 Å². The molecule has 2 heterocycles. The molecule has 0 aliphatic carbocycles. The minimum Gasteiger partial charge on any atom is -0.481 e. The molecule has 3 rings (SSSR count). The number of carbonyl (C=O) groups is 1. The van der Waals surface area contributed by atoms with Crippen molar-refractivity contribution < 1.29 is 23.1 Å². The van der Waals surface area contributed by atoms with Crippen molar-refractivity contribution in [3.8, 4) is 0 Å². The molecule has 1 aromatic carbocycles. The number of aromatic nitrogens is 1. The van der Waals surface area contributed by atoms with Gasteiger partial charge in [0.2, 0.25) is 0 Å². The number of hydrogen-bond donors (Lipinski definition) is 1. The van der Waals surface area contributed by atoms with Crippen molar-refractivity contribution in [1.29, 1.82) is 0 Å². The maximum atomic E-state index is 12.9. The standard InChI is InChI=1S/C24H30F3N3O2/c1-3-4-5-21-16-29(15-19-11-17(2)10-18(12-19)13-23(31)32)8-9-30(21)22-7-6-20(14-28-22)24(25,26)27/h6-7,10-12,14,21H,3-5,8-9,13,15-16H2,1-2H3,(H,31,32)/t21-/m1/s1. The summed E-state index contributed by atoms with van der Waals surface area (Å²) in [5.74, 6) is -0.267. The summed E-state index contributed by atoms with van der Waals surface area (Å²) in [6.07, 6.45) is -0.465. The fourth-order valence-electron chi connectivity index (χ4n) is 4.35. The number of pyridine rings is 1. The van der Waals surface area contributed by atoms with E-state index in [0.717, 1.165) is 61.3 Å². The predicted molar refractivity (Wildman–Crippen MR) is 118 cm³/mol. The van der Waals surface area contributed by atoms with E-state index in [1.54, 1.807) is 0 Å². The number of unbranched alkanes of at least 4 members (excludes halogenated alkanes) is 1. The minimum atomic E-state index is -4.39. The quantitative estimate of drug-likeness (QED) is 0.620. The first-order valence-electron chi connectivity index (χ1n) is 11.0. The number of anilines is 1. The number of piperazine rings is 1. The molecule has 1 N–H and O–H groups in total. The van der Waals surface area contributed by atoms with E-state index in [-0.39, 0.29) is 12.5 Å². The van der Waals surface area contributed by atoms with Gasteiger partial charge in [0.1, 0.15) is 5.82 Å². The molecule has 0 amide bonds. The Kier molecular flexibility index (Phi) is 7.77. The van der Waals surface area contributed by atoms with Crippen molar-refractivity contribution in [1.82, 2.24) is 9.88 Å².